The molecule has 2 aliphatic rings. The Hall–Kier alpha value is -3.79. The van der Waals surface area contributed by atoms with E-state index in [4.69, 9.17) is 26.8 Å². The van der Waals surface area contributed by atoms with E-state index in [2.05, 4.69) is 9.97 Å². The molecular formula is C26H28ClN5O5. The summed E-state index contributed by atoms with van der Waals surface area (Å²) >= 11 is 6.46. The van der Waals surface area contributed by atoms with Crippen molar-refractivity contribution >= 4 is 40.5 Å². The smallest absolute Gasteiger partial charge is 0.410 e. The summed E-state index contributed by atoms with van der Waals surface area (Å²) in [4.78, 5) is 48.4. The predicted octanol–water partition coefficient (Wildman–Crippen LogP) is 3.37. The number of aromatic nitrogens is 2. The van der Waals surface area contributed by atoms with Crippen molar-refractivity contribution in [3.8, 4) is 16.9 Å². The molecule has 1 fully saturated rings. The van der Waals surface area contributed by atoms with E-state index in [1.807, 2.05) is 20.8 Å². The Bertz CT molecular complexity index is 1400. The van der Waals surface area contributed by atoms with Crippen molar-refractivity contribution in [3.63, 3.8) is 0 Å². The second kappa shape index (κ2) is 9.26. The van der Waals surface area contributed by atoms with Crippen LogP contribution >= 0.6 is 11.6 Å². The molecule has 37 heavy (non-hydrogen) atoms. The molecule has 2 aromatic heterocycles. The molecule has 0 aliphatic carbocycles. The number of pyridine rings is 1. The molecule has 2 aliphatic heterocycles. The Morgan fingerprint density at radius 2 is 1.84 bits per heavy atom. The van der Waals surface area contributed by atoms with Crippen LogP contribution in [0.1, 0.15) is 36.7 Å². The number of halogens is 1. The summed E-state index contributed by atoms with van der Waals surface area (Å²) in [7, 11) is 0. The maximum atomic E-state index is 13.4. The van der Waals surface area contributed by atoms with Crippen LogP contribution in [0.4, 0.5) is 4.79 Å². The maximum absolute atomic E-state index is 13.4. The molecule has 11 heteroatoms. The van der Waals surface area contributed by atoms with Gasteiger partial charge in [0, 0.05) is 66.5 Å². The first-order valence-electron chi connectivity index (χ1n) is 12.0. The van der Waals surface area contributed by atoms with Gasteiger partial charge in [0.15, 0.2) is 6.10 Å². The van der Waals surface area contributed by atoms with Crippen molar-refractivity contribution in [2.24, 2.45) is 5.73 Å². The van der Waals surface area contributed by atoms with Crippen LogP contribution in [0.2, 0.25) is 5.02 Å². The average Bonchev–Trinajstić information content (AvgIpc) is 3.46. The number of carbonyl (C=O) groups is 3. The van der Waals surface area contributed by atoms with Crippen LogP contribution < -0.4 is 10.5 Å². The van der Waals surface area contributed by atoms with E-state index < -0.39 is 17.6 Å². The van der Waals surface area contributed by atoms with Gasteiger partial charge in [-0.2, -0.15) is 0 Å². The standard InChI is InChI=1S/C26H28ClN5O5/c1-26(2,3)37-25(35)32-8-6-31(7-9-32)24(34)19-11-14-10-15(27)12-17(21(14)36-19)16-4-5-29-23-20(16)18(13-30-23)22(28)33/h4-5,10,12-13,19H,6-9,11H2,1-3H3,(H2,28,33)(H,29,30). The largest absolute Gasteiger partial charge is 0.479 e. The number of nitrogens with two attached hydrogens (primary N) is 1. The lowest BCUT2D eigenvalue weighted by molar-refractivity contribution is -0.139. The number of nitrogens with zero attached hydrogens (tertiary/aromatic N) is 3. The lowest BCUT2D eigenvalue weighted by Crippen LogP contribution is -2.54. The molecule has 1 atom stereocenters. The van der Waals surface area contributed by atoms with Gasteiger partial charge in [-0.25, -0.2) is 9.78 Å². The summed E-state index contributed by atoms with van der Waals surface area (Å²) in [6.45, 7) is 7.01. The highest BCUT2D eigenvalue weighted by molar-refractivity contribution is 6.31. The number of nitrogens with one attached hydrogen (secondary N) is 1. The van der Waals surface area contributed by atoms with Gasteiger partial charge in [0.25, 0.3) is 11.8 Å². The first-order chi connectivity index (χ1) is 17.5. The number of hydrogen-bond acceptors (Lipinski definition) is 6. The number of primary amides is 1. The Morgan fingerprint density at radius 1 is 1.14 bits per heavy atom. The van der Waals surface area contributed by atoms with Crippen molar-refractivity contribution in [2.75, 3.05) is 26.2 Å². The molecule has 194 valence electrons. The van der Waals surface area contributed by atoms with Gasteiger partial charge in [-0.15, -0.1) is 0 Å². The maximum Gasteiger partial charge on any atom is 0.410 e. The van der Waals surface area contributed by atoms with Gasteiger partial charge in [0.2, 0.25) is 0 Å². The van der Waals surface area contributed by atoms with Crippen LogP contribution in [0.5, 0.6) is 5.75 Å². The van der Waals surface area contributed by atoms with Gasteiger partial charge in [-0.05, 0) is 44.5 Å². The van der Waals surface area contributed by atoms with Gasteiger partial charge in [-0.3, -0.25) is 9.59 Å². The molecule has 0 saturated carbocycles. The molecule has 0 radical (unpaired) electrons. The molecule has 5 rings (SSSR count). The number of carbonyl (C=O) groups excluding carboxylic acids is 3. The highest BCUT2D eigenvalue weighted by Gasteiger charge is 2.37. The third kappa shape index (κ3) is 4.81. The van der Waals surface area contributed by atoms with Crippen molar-refractivity contribution in [3.05, 3.63) is 46.7 Å². The van der Waals surface area contributed by atoms with E-state index in [0.717, 1.165) is 5.56 Å². The topological polar surface area (TPSA) is 131 Å². The van der Waals surface area contributed by atoms with Gasteiger partial charge in [0.05, 0.1) is 5.56 Å². The van der Waals surface area contributed by atoms with Gasteiger partial charge in [-0.1, -0.05) is 11.6 Å². The van der Waals surface area contributed by atoms with Gasteiger partial charge < -0.3 is 30.0 Å². The summed E-state index contributed by atoms with van der Waals surface area (Å²) in [5.41, 5.74) is 7.96. The van der Waals surface area contributed by atoms with Gasteiger partial charge >= 0.3 is 6.09 Å². The molecule has 3 N–H and O–H groups in total. The Kier molecular flexibility index (Phi) is 6.23. The van der Waals surface area contributed by atoms with Crippen LogP contribution in [0.3, 0.4) is 0 Å². The fourth-order valence-electron chi connectivity index (χ4n) is 4.78. The lowest BCUT2D eigenvalue weighted by atomic mass is 9.97. The zero-order valence-electron chi connectivity index (χ0n) is 20.8. The number of aromatic amines is 1. The first kappa shape index (κ1) is 24.9. The quantitative estimate of drug-likeness (QED) is 0.539. The third-order valence-corrected chi connectivity index (χ3v) is 6.66. The predicted molar refractivity (Wildman–Crippen MR) is 138 cm³/mol. The Morgan fingerprint density at radius 3 is 2.51 bits per heavy atom. The van der Waals surface area contributed by atoms with Crippen molar-refractivity contribution < 1.29 is 23.9 Å². The van der Waals surface area contributed by atoms with Crippen LogP contribution in [0.15, 0.2) is 30.6 Å². The van der Waals surface area contributed by atoms with Crippen LogP contribution in [0.25, 0.3) is 22.2 Å². The number of benzene rings is 1. The second-order valence-corrected chi connectivity index (χ2v) is 10.6. The normalized spacial score (nSPS) is 17.5. The van der Waals surface area contributed by atoms with E-state index in [-0.39, 0.29) is 12.0 Å². The zero-order valence-corrected chi connectivity index (χ0v) is 21.6. The Labute approximate surface area is 218 Å². The number of H-pyrrole nitrogens is 1. The minimum atomic E-state index is -0.723. The highest BCUT2D eigenvalue weighted by atomic mass is 35.5. The monoisotopic (exact) mass is 525 g/mol. The van der Waals surface area contributed by atoms with E-state index in [1.165, 1.54) is 6.20 Å². The average molecular weight is 526 g/mol. The Balaban J connectivity index is 1.37. The van der Waals surface area contributed by atoms with E-state index in [0.29, 0.717) is 71.1 Å². The van der Waals surface area contributed by atoms with E-state index in [1.54, 1.807) is 34.2 Å². The first-order valence-corrected chi connectivity index (χ1v) is 12.4. The summed E-state index contributed by atoms with van der Waals surface area (Å²) in [6, 6.07) is 5.31. The highest BCUT2D eigenvalue weighted by Crippen LogP contribution is 2.44. The zero-order chi connectivity index (χ0) is 26.5. The molecule has 0 bridgehead atoms. The minimum absolute atomic E-state index is 0.151. The van der Waals surface area contributed by atoms with Crippen molar-refractivity contribution in [2.45, 2.75) is 38.9 Å². The van der Waals surface area contributed by atoms with Crippen LogP contribution in [-0.2, 0) is 16.0 Å². The fourth-order valence-corrected chi connectivity index (χ4v) is 5.02. The van der Waals surface area contributed by atoms with E-state index >= 15 is 0 Å². The third-order valence-electron chi connectivity index (χ3n) is 6.44. The molecule has 3 aromatic rings. The van der Waals surface area contributed by atoms with Crippen molar-refractivity contribution in [1.82, 2.24) is 19.8 Å². The molecule has 1 unspecified atom stereocenters. The summed E-state index contributed by atoms with van der Waals surface area (Å²) in [6.07, 6.45) is 2.40. The number of piperazine rings is 1. The summed E-state index contributed by atoms with van der Waals surface area (Å²) in [5.74, 6) is -0.195. The second-order valence-electron chi connectivity index (χ2n) is 10.2. The van der Waals surface area contributed by atoms with Crippen molar-refractivity contribution in [1.29, 1.82) is 0 Å². The van der Waals surface area contributed by atoms with Crippen LogP contribution in [-0.4, -0.2) is 75.6 Å². The number of hydrogen-bond donors (Lipinski definition) is 2. The van der Waals surface area contributed by atoms with Gasteiger partial charge in [0.1, 0.15) is 17.0 Å². The number of fused-ring (bicyclic) bond motifs is 2. The molecule has 4 heterocycles. The molecule has 0 spiro atoms. The summed E-state index contributed by atoms with van der Waals surface area (Å²) in [5, 5.41) is 1.05. The van der Waals surface area contributed by atoms with Crippen LogP contribution in [0, 0.1) is 0 Å². The molecule has 10 nitrogen and oxygen atoms in total. The lowest BCUT2D eigenvalue weighted by Gasteiger charge is -2.36. The number of amides is 3. The summed E-state index contributed by atoms with van der Waals surface area (Å²) < 4.78 is 11.7. The molecule has 1 aromatic carbocycles. The SMILES string of the molecule is CC(C)(C)OC(=O)N1CCN(C(=O)C2Cc3cc(Cl)cc(-c4ccnc5[nH]cc(C(N)=O)c45)c3O2)CC1. The number of ether oxygens (including phenoxy) is 2. The molecule has 3 amide bonds. The molecule has 1 saturated heterocycles. The van der Waals surface area contributed by atoms with E-state index in [9.17, 15) is 14.4 Å². The number of rotatable bonds is 3. The minimum Gasteiger partial charge on any atom is -0.479 e. The molecular weight excluding hydrogens is 498 g/mol. The fraction of sp³-hybridized carbons (Fsp3) is 0.385.